The molecule has 0 saturated carbocycles. The van der Waals surface area contributed by atoms with Crippen molar-refractivity contribution in [2.45, 2.75) is 40.2 Å². The zero-order valence-corrected chi connectivity index (χ0v) is 10.3. The number of nitrogens with zero attached hydrogens (tertiary/aromatic N) is 1. The Kier molecular flexibility index (Phi) is 5.13. The van der Waals surface area contributed by atoms with E-state index in [0.29, 0.717) is 12.5 Å². The highest BCUT2D eigenvalue weighted by molar-refractivity contribution is 5.79. The minimum absolute atomic E-state index is 0.150. The van der Waals surface area contributed by atoms with Crippen molar-refractivity contribution in [3.05, 3.63) is 0 Å². The van der Waals surface area contributed by atoms with Crippen LogP contribution in [0.1, 0.15) is 34.6 Å². The third-order valence-corrected chi connectivity index (χ3v) is 2.37. The minimum atomic E-state index is -0.527. The summed E-state index contributed by atoms with van der Waals surface area (Å²) >= 11 is 0. The van der Waals surface area contributed by atoms with Crippen molar-refractivity contribution < 1.29 is 9.53 Å². The van der Waals surface area contributed by atoms with Gasteiger partial charge >= 0.3 is 5.97 Å². The van der Waals surface area contributed by atoms with Crippen LogP contribution in [-0.4, -0.2) is 36.6 Å². The van der Waals surface area contributed by atoms with Gasteiger partial charge in [0.05, 0.1) is 6.61 Å². The topological polar surface area (TPSA) is 29.5 Å². The molecule has 0 bridgehead atoms. The van der Waals surface area contributed by atoms with Crippen LogP contribution in [0.4, 0.5) is 0 Å². The van der Waals surface area contributed by atoms with Gasteiger partial charge in [-0.1, -0.05) is 13.8 Å². The summed E-state index contributed by atoms with van der Waals surface area (Å²) in [5.74, 6) is 0.400. The molecule has 0 spiro atoms. The number of esters is 1. The van der Waals surface area contributed by atoms with Crippen LogP contribution in [-0.2, 0) is 9.53 Å². The molecule has 84 valence electrons. The first kappa shape index (κ1) is 13.4. The molecule has 0 N–H and O–H groups in total. The Hall–Kier alpha value is -0.570. The van der Waals surface area contributed by atoms with Gasteiger partial charge in [0.15, 0.2) is 0 Å². The summed E-state index contributed by atoms with van der Waals surface area (Å²) in [6.45, 7) is 11.2. The smallest absolute Gasteiger partial charge is 0.325 e. The molecule has 0 rings (SSSR count). The van der Waals surface area contributed by atoms with Crippen LogP contribution in [0.5, 0.6) is 0 Å². The lowest BCUT2D eigenvalue weighted by atomic mass is 10.0. The Balaban J connectivity index is 4.35. The van der Waals surface area contributed by atoms with Gasteiger partial charge in [-0.25, -0.2) is 0 Å². The van der Waals surface area contributed by atoms with Gasteiger partial charge in [0.25, 0.3) is 0 Å². The zero-order valence-electron chi connectivity index (χ0n) is 10.3. The van der Waals surface area contributed by atoms with E-state index in [2.05, 4.69) is 13.8 Å². The van der Waals surface area contributed by atoms with Crippen LogP contribution >= 0.6 is 0 Å². The molecule has 0 atom stereocenters. The van der Waals surface area contributed by atoms with Crippen molar-refractivity contribution in [2.24, 2.45) is 5.92 Å². The Morgan fingerprint density at radius 1 is 1.43 bits per heavy atom. The van der Waals surface area contributed by atoms with Gasteiger partial charge in [-0.3, -0.25) is 9.69 Å². The number of rotatable bonds is 5. The minimum Gasteiger partial charge on any atom is -0.465 e. The first-order valence-corrected chi connectivity index (χ1v) is 5.20. The quantitative estimate of drug-likeness (QED) is 0.636. The Labute approximate surface area is 87.4 Å². The third kappa shape index (κ3) is 3.66. The van der Waals surface area contributed by atoms with E-state index in [9.17, 15) is 4.79 Å². The van der Waals surface area contributed by atoms with E-state index in [1.165, 1.54) is 0 Å². The largest absolute Gasteiger partial charge is 0.465 e. The fourth-order valence-electron chi connectivity index (χ4n) is 1.24. The van der Waals surface area contributed by atoms with Crippen molar-refractivity contribution in [3.63, 3.8) is 0 Å². The molecule has 3 heteroatoms. The fourth-order valence-corrected chi connectivity index (χ4v) is 1.24. The molecule has 0 fully saturated rings. The molecular formula is C11H23NO2. The van der Waals surface area contributed by atoms with E-state index >= 15 is 0 Å². The standard InChI is InChI=1S/C11H23NO2/c1-7-14-10(13)11(4,5)12(6)8-9(2)3/h9H,7-8H2,1-6H3. The van der Waals surface area contributed by atoms with Crippen molar-refractivity contribution >= 4 is 5.97 Å². The molecule has 0 aliphatic heterocycles. The number of carbonyl (C=O) groups is 1. The number of likely N-dealkylation sites (N-methyl/N-ethyl adjacent to an activating group) is 1. The molecule has 0 heterocycles. The van der Waals surface area contributed by atoms with Gasteiger partial charge in [-0.05, 0) is 33.7 Å². The predicted octanol–water partition coefficient (Wildman–Crippen LogP) is 1.92. The number of carbonyl (C=O) groups excluding carboxylic acids is 1. The van der Waals surface area contributed by atoms with Crippen LogP contribution in [0.3, 0.4) is 0 Å². The number of ether oxygens (including phenoxy) is 1. The molecule has 0 amide bonds. The van der Waals surface area contributed by atoms with E-state index in [1.807, 2.05) is 32.7 Å². The van der Waals surface area contributed by atoms with Crippen molar-refractivity contribution in [3.8, 4) is 0 Å². The monoisotopic (exact) mass is 201 g/mol. The van der Waals surface area contributed by atoms with Crippen LogP contribution in [0.25, 0.3) is 0 Å². The van der Waals surface area contributed by atoms with Gasteiger partial charge in [0, 0.05) is 6.54 Å². The van der Waals surface area contributed by atoms with Crippen molar-refractivity contribution in [1.29, 1.82) is 0 Å². The molecule has 0 aromatic heterocycles. The van der Waals surface area contributed by atoms with Crippen LogP contribution in [0, 0.1) is 5.92 Å². The van der Waals surface area contributed by atoms with Crippen LogP contribution in [0.15, 0.2) is 0 Å². The molecule has 0 aromatic rings. The summed E-state index contributed by atoms with van der Waals surface area (Å²) in [4.78, 5) is 13.7. The molecular weight excluding hydrogens is 178 g/mol. The average molecular weight is 201 g/mol. The maximum atomic E-state index is 11.6. The van der Waals surface area contributed by atoms with Crippen molar-refractivity contribution in [1.82, 2.24) is 4.90 Å². The fraction of sp³-hybridized carbons (Fsp3) is 0.909. The number of hydrogen-bond donors (Lipinski definition) is 0. The maximum Gasteiger partial charge on any atom is 0.325 e. The Bertz CT molecular complexity index is 188. The van der Waals surface area contributed by atoms with Gasteiger partial charge in [-0.2, -0.15) is 0 Å². The molecule has 0 saturated heterocycles. The lowest BCUT2D eigenvalue weighted by Gasteiger charge is -2.34. The summed E-state index contributed by atoms with van der Waals surface area (Å²) in [5.41, 5.74) is -0.527. The molecule has 3 nitrogen and oxygen atoms in total. The normalized spacial score (nSPS) is 12.3. The van der Waals surface area contributed by atoms with Crippen molar-refractivity contribution in [2.75, 3.05) is 20.2 Å². The lowest BCUT2D eigenvalue weighted by Crippen LogP contribution is -2.50. The highest BCUT2D eigenvalue weighted by Crippen LogP contribution is 2.15. The van der Waals surface area contributed by atoms with Gasteiger partial charge in [0.2, 0.25) is 0 Å². The molecule has 0 aliphatic rings. The van der Waals surface area contributed by atoms with Crippen LogP contribution in [0.2, 0.25) is 0 Å². The van der Waals surface area contributed by atoms with E-state index in [-0.39, 0.29) is 5.97 Å². The SMILES string of the molecule is CCOC(=O)C(C)(C)N(C)CC(C)C. The van der Waals surface area contributed by atoms with E-state index in [0.717, 1.165) is 6.54 Å². The molecule has 0 unspecified atom stereocenters. The molecule has 0 aliphatic carbocycles. The van der Waals surface area contributed by atoms with Gasteiger partial charge < -0.3 is 4.74 Å². The Morgan fingerprint density at radius 2 is 1.93 bits per heavy atom. The molecule has 0 aromatic carbocycles. The van der Waals surface area contributed by atoms with E-state index < -0.39 is 5.54 Å². The van der Waals surface area contributed by atoms with E-state index in [1.54, 1.807) is 0 Å². The first-order valence-electron chi connectivity index (χ1n) is 5.20. The van der Waals surface area contributed by atoms with Gasteiger partial charge in [-0.15, -0.1) is 0 Å². The number of hydrogen-bond acceptors (Lipinski definition) is 3. The first-order chi connectivity index (χ1) is 6.32. The van der Waals surface area contributed by atoms with Gasteiger partial charge in [0.1, 0.15) is 5.54 Å². The summed E-state index contributed by atoms with van der Waals surface area (Å²) < 4.78 is 5.03. The second kappa shape index (κ2) is 5.35. The average Bonchev–Trinajstić information content (AvgIpc) is 2.03. The Morgan fingerprint density at radius 3 is 2.29 bits per heavy atom. The third-order valence-electron chi connectivity index (χ3n) is 2.37. The zero-order chi connectivity index (χ0) is 11.4. The highest BCUT2D eigenvalue weighted by atomic mass is 16.5. The van der Waals surface area contributed by atoms with E-state index in [4.69, 9.17) is 4.74 Å². The summed E-state index contributed by atoms with van der Waals surface area (Å²) in [7, 11) is 1.96. The second-order valence-electron chi connectivity index (χ2n) is 4.55. The highest BCUT2D eigenvalue weighted by Gasteiger charge is 2.33. The molecule has 14 heavy (non-hydrogen) atoms. The lowest BCUT2D eigenvalue weighted by molar-refractivity contribution is -0.155. The predicted molar refractivity (Wildman–Crippen MR) is 58.2 cm³/mol. The summed E-state index contributed by atoms with van der Waals surface area (Å²) in [6, 6.07) is 0. The second-order valence-corrected chi connectivity index (χ2v) is 4.55. The van der Waals surface area contributed by atoms with Crippen LogP contribution < -0.4 is 0 Å². The molecule has 0 radical (unpaired) electrons. The maximum absolute atomic E-state index is 11.6. The summed E-state index contributed by atoms with van der Waals surface area (Å²) in [5, 5.41) is 0. The summed E-state index contributed by atoms with van der Waals surface area (Å²) in [6.07, 6.45) is 0.